The van der Waals surface area contributed by atoms with Gasteiger partial charge in [0.1, 0.15) is 0 Å². The Balaban J connectivity index is 0.000000123. The first-order chi connectivity index (χ1) is 8.89. The summed E-state index contributed by atoms with van der Waals surface area (Å²) in [4.78, 5) is 0. The summed E-state index contributed by atoms with van der Waals surface area (Å²) in [5.74, 6) is 1.06. The Labute approximate surface area is 116 Å². The maximum Gasteiger partial charge on any atom is -0.0443 e. The summed E-state index contributed by atoms with van der Waals surface area (Å²) >= 11 is 0. The highest BCUT2D eigenvalue weighted by molar-refractivity contribution is 4.62. The molecule has 18 heavy (non-hydrogen) atoms. The molecule has 0 saturated heterocycles. The van der Waals surface area contributed by atoms with Crippen LogP contribution in [0.5, 0.6) is 0 Å². The van der Waals surface area contributed by atoms with Crippen molar-refractivity contribution in [2.75, 3.05) is 0 Å². The minimum Gasteiger partial charge on any atom is -0.0625 e. The summed E-state index contributed by atoms with van der Waals surface area (Å²) in [6.07, 6.45) is 24.0. The zero-order chi connectivity index (χ0) is 12.9. The van der Waals surface area contributed by atoms with E-state index in [1.807, 2.05) is 0 Å². The second-order valence-electron chi connectivity index (χ2n) is 6.63. The second kappa shape index (κ2) is 12.1. The molecule has 0 heteroatoms. The Morgan fingerprint density at radius 3 is 0.611 bits per heavy atom. The van der Waals surface area contributed by atoms with Crippen molar-refractivity contribution < 1.29 is 0 Å². The zero-order valence-electron chi connectivity index (χ0n) is 12.9. The van der Waals surface area contributed by atoms with Gasteiger partial charge in [-0.2, -0.15) is 0 Å². The Morgan fingerprint density at radius 2 is 0.556 bits per heavy atom. The molecule has 0 N–H and O–H groups in total. The van der Waals surface area contributed by atoms with Crippen LogP contribution in [0.4, 0.5) is 0 Å². The fraction of sp³-hybridized carbons (Fsp3) is 1.00. The van der Waals surface area contributed by atoms with Crippen molar-refractivity contribution in [1.82, 2.24) is 0 Å². The third-order valence-electron chi connectivity index (χ3n) is 4.25. The van der Waals surface area contributed by atoms with E-state index in [2.05, 4.69) is 6.92 Å². The van der Waals surface area contributed by atoms with E-state index in [1.165, 1.54) is 103 Å². The van der Waals surface area contributed by atoms with Crippen LogP contribution in [0.15, 0.2) is 0 Å². The fourth-order valence-corrected chi connectivity index (χ4v) is 1.92. The first-order valence-corrected chi connectivity index (χ1v) is 8.89. The summed E-state index contributed by atoms with van der Waals surface area (Å²) < 4.78 is 0. The summed E-state index contributed by atoms with van der Waals surface area (Å²) in [5.41, 5.74) is 0. The third kappa shape index (κ3) is 12.5. The zero-order valence-corrected chi connectivity index (χ0v) is 12.9. The standard InChI is InChI=1S/C6H12.C5H10.C4H8.C3H6/c1-2-4-6-5-3-1;1-5-3-2-4-5;1-2-4-3-1;1-2-3-1/h1-6H2;5H,2-4H2,1H3;1-4H2;1-3H2. The van der Waals surface area contributed by atoms with Crippen LogP contribution in [0.3, 0.4) is 0 Å². The Hall–Kier alpha value is 0. The molecule has 4 rings (SSSR count). The van der Waals surface area contributed by atoms with E-state index in [-0.39, 0.29) is 0 Å². The lowest BCUT2D eigenvalue weighted by Gasteiger charge is -2.18. The lowest BCUT2D eigenvalue weighted by atomic mass is 9.88. The van der Waals surface area contributed by atoms with Crippen LogP contribution in [-0.2, 0) is 0 Å². The first-order valence-electron chi connectivity index (χ1n) is 8.89. The van der Waals surface area contributed by atoms with Crippen LogP contribution in [0.2, 0.25) is 0 Å². The number of hydrogen-bond donors (Lipinski definition) is 0. The molecule has 108 valence electrons. The van der Waals surface area contributed by atoms with Gasteiger partial charge in [-0.25, -0.2) is 0 Å². The van der Waals surface area contributed by atoms with Gasteiger partial charge in [-0.1, -0.05) is 110 Å². The maximum absolute atomic E-state index is 2.31. The van der Waals surface area contributed by atoms with E-state index < -0.39 is 0 Å². The van der Waals surface area contributed by atoms with E-state index in [0.717, 1.165) is 5.92 Å². The summed E-state index contributed by atoms with van der Waals surface area (Å²) in [5, 5.41) is 0. The van der Waals surface area contributed by atoms with Crippen molar-refractivity contribution in [3.05, 3.63) is 0 Å². The molecule has 4 aliphatic carbocycles. The molecule has 0 heterocycles. The topological polar surface area (TPSA) is 0 Å². The molecule has 4 fully saturated rings. The number of rotatable bonds is 0. The molecule has 0 atom stereocenters. The summed E-state index contributed by atoms with van der Waals surface area (Å²) in [6.45, 7) is 2.31. The van der Waals surface area contributed by atoms with Crippen LogP contribution >= 0.6 is 0 Å². The van der Waals surface area contributed by atoms with Crippen LogP contribution in [0.1, 0.15) is 110 Å². The van der Waals surface area contributed by atoms with Crippen LogP contribution in [0.25, 0.3) is 0 Å². The molecule has 0 aliphatic heterocycles. The molecule has 0 amide bonds. The van der Waals surface area contributed by atoms with Gasteiger partial charge in [0.25, 0.3) is 0 Å². The van der Waals surface area contributed by atoms with Gasteiger partial charge in [-0.05, 0) is 5.92 Å². The maximum atomic E-state index is 2.31. The highest BCUT2D eigenvalue weighted by Crippen LogP contribution is 2.24. The highest BCUT2D eigenvalue weighted by Gasteiger charge is 2.09. The van der Waals surface area contributed by atoms with Crippen molar-refractivity contribution in [3.63, 3.8) is 0 Å². The van der Waals surface area contributed by atoms with E-state index >= 15 is 0 Å². The molecule has 0 nitrogen and oxygen atoms in total. The van der Waals surface area contributed by atoms with Crippen LogP contribution in [0, 0.1) is 5.92 Å². The van der Waals surface area contributed by atoms with E-state index in [9.17, 15) is 0 Å². The van der Waals surface area contributed by atoms with Crippen molar-refractivity contribution in [1.29, 1.82) is 0 Å². The molecule has 0 aromatic carbocycles. The van der Waals surface area contributed by atoms with E-state index in [1.54, 1.807) is 0 Å². The van der Waals surface area contributed by atoms with E-state index in [0.29, 0.717) is 0 Å². The van der Waals surface area contributed by atoms with Gasteiger partial charge in [-0.3, -0.25) is 0 Å². The van der Waals surface area contributed by atoms with Gasteiger partial charge in [0.2, 0.25) is 0 Å². The average Bonchev–Trinajstić information content (AvgIpc) is 3.15. The SMILES string of the molecule is C1CC1.C1CCC1.C1CCCCC1.CC1CCC1. The van der Waals surface area contributed by atoms with Crippen molar-refractivity contribution in [2.24, 2.45) is 5.92 Å². The molecular weight excluding hydrogens is 216 g/mol. The van der Waals surface area contributed by atoms with E-state index in [4.69, 9.17) is 0 Å². The van der Waals surface area contributed by atoms with Crippen molar-refractivity contribution in [2.45, 2.75) is 110 Å². The van der Waals surface area contributed by atoms with Gasteiger partial charge >= 0.3 is 0 Å². The molecule has 0 unspecified atom stereocenters. The molecule has 0 aromatic heterocycles. The Kier molecular flexibility index (Phi) is 10.8. The Morgan fingerprint density at radius 1 is 0.389 bits per heavy atom. The van der Waals surface area contributed by atoms with Crippen molar-refractivity contribution in [3.8, 4) is 0 Å². The van der Waals surface area contributed by atoms with Crippen LogP contribution in [-0.4, -0.2) is 0 Å². The highest BCUT2D eigenvalue weighted by atomic mass is 14.1. The van der Waals surface area contributed by atoms with Gasteiger partial charge in [0.15, 0.2) is 0 Å². The normalized spacial score (nSPS) is 24.5. The summed E-state index contributed by atoms with van der Waals surface area (Å²) in [7, 11) is 0. The first kappa shape index (κ1) is 16.1. The van der Waals surface area contributed by atoms with Gasteiger partial charge in [0.05, 0.1) is 0 Å². The minimum absolute atomic E-state index is 1.06. The summed E-state index contributed by atoms with van der Waals surface area (Å²) in [6, 6.07) is 0. The van der Waals surface area contributed by atoms with Gasteiger partial charge in [-0.15, -0.1) is 0 Å². The number of hydrogen-bond acceptors (Lipinski definition) is 0. The predicted octanol–water partition coefficient (Wildman–Crippen LogP) is 6.88. The van der Waals surface area contributed by atoms with Crippen LogP contribution < -0.4 is 0 Å². The average molecular weight is 252 g/mol. The molecule has 4 saturated carbocycles. The quantitative estimate of drug-likeness (QED) is 0.441. The molecule has 0 spiro atoms. The lowest BCUT2D eigenvalue weighted by molar-refractivity contribution is 0.346. The largest absolute Gasteiger partial charge is 0.0625 e. The lowest BCUT2D eigenvalue weighted by Crippen LogP contribution is -2.04. The molecule has 4 aliphatic rings. The van der Waals surface area contributed by atoms with Crippen molar-refractivity contribution >= 4 is 0 Å². The fourth-order valence-electron chi connectivity index (χ4n) is 1.92. The minimum atomic E-state index is 1.06. The smallest absolute Gasteiger partial charge is 0.0443 e. The Bertz CT molecular complexity index is 129. The second-order valence-corrected chi connectivity index (χ2v) is 6.63. The molecule has 0 radical (unpaired) electrons. The molecule has 0 bridgehead atoms. The molecular formula is C18H36. The predicted molar refractivity (Wildman–Crippen MR) is 83.0 cm³/mol. The monoisotopic (exact) mass is 252 g/mol. The third-order valence-corrected chi connectivity index (χ3v) is 4.25. The van der Waals surface area contributed by atoms with Gasteiger partial charge < -0.3 is 0 Å². The molecule has 0 aromatic rings. The van der Waals surface area contributed by atoms with Gasteiger partial charge in [0, 0.05) is 0 Å².